The lowest BCUT2D eigenvalue weighted by Gasteiger charge is -2.23. The van der Waals surface area contributed by atoms with Gasteiger partial charge in [0.15, 0.2) is 0 Å². The molecule has 0 unspecified atom stereocenters. The molecule has 0 spiro atoms. The van der Waals surface area contributed by atoms with E-state index in [1.165, 1.54) is 24.5 Å². The van der Waals surface area contributed by atoms with Crippen molar-refractivity contribution in [2.75, 3.05) is 4.90 Å². The summed E-state index contributed by atoms with van der Waals surface area (Å²) in [5.74, 6) is -0.430. The maximum Gasteiger partial charge on any atom is 0.423 e. The van der Waals surface area contributed by atoms with Crippen molar-refractivity contribution in [3.05, 3.63) is 9.98 Å². The molecule has 17 heavy (non-hydrogen) atoms. The Hall–Kier alpha value is -0.950. The number of halogens is 1. The number of carbonyl (C=O) groups is 2. The van der Waals surface area contributed by atoms with Gasteiger partial charge in [-0.3, -0.25) is 4.79 Å². The minimum absolute atomic E-state index is 0.290. The summed E-state index contributed by atoms with van der Waals surface area (Å²) >= 11 is 4.41. The summed E-state index contributed by atoms with van der Waals surface area (Å²) in [7, 11) is 0. The molecule has 0 saturated carbocycles. The molecule has 0 radical (unpaired) electrons. The van der Waals surface area contributed by atoms with Crippen molar-refractivity contribution in [2.24, 2.45) is 0 Å². The van der Waals surface area contributed by atoms with Gasteiger partial charge in [-0.15, -0.1) is 0 Å². The van der Waals surface area contributed by atoms with Crippen LogP contribution in [0, 0.1) is 0 Å². The Morgan fingerprint density at radius 3 is 2.41 bits per heavy atom. The third kappa shape index (κ3) is 4.08. The van der Waals surface area contributed by atoms with Gasteiger partial charge in [0.25, 0.3) is 0 Å². The van der Waals surface area contributed by atoms with Crippen molar-refractivity contribution >= 4 is 44.4 Å². The molecule has 0 bridgehead atoms. The minimum atomic E-state index is -0.716. The smallest absolute Gasteiger partial charge is 0.423 e. The van der Waals surface area contributed by atoms with Gasteiger partial charge in [0.2, 0.25) is 11.0 Å². The number of imide groups is 1. The Labute approximate surface area is 112 Å². The molecule has 1 aromatic rings. The maximum atomic E-state index is 11.8. The average molecular weight is 321 g/mol. The standard InChI is InChI=1S/C10H13BrN2O3S/c1-6(14)13(8-12-5-7(11)17-8)9(15)16-10(2,3)4/h5H,1-4H3. The van der Waals surface area contributed by atoms with E-state index in [-0.39, 0.29) is 0 Å². The van der Waals surface area contributed by atoms with Crippen LogP contribution in [0.4, 0.5) is 9.93 Å². The van der Waals surface area contributed by atoms with Gasteiger partial charge in [-0.05, 0) is 36.7 Å². The van der Waals surface area contributed by atoms with Crippen LogP contribution in [0.3, 0.4) is 0 Å². The highest BCUT2D eigenvalue weighted by atomic mass is 79.9. The second-order valence-corrected chi connectivity index (χ2v) is 6.67. The third-order valence-corrected chi connectivity index (χ3v) is 3.01. The zero-order valence-electron chi connectivity index (χ0n) is 9.98. The van der Waals surface area contributed by atoms with E-state index >= 15 is 0 Å². The number of nitrogens with zero attached hydrogens (tertiary/aromatic N) is 2. The Morgan fingerprint density at radius 2 is 2.06 bits per heavy atom. The van der Waals surface area contributed by atoms with E-state index in [2.05, 4.69) is 20.9 Å². The van der Waals surface area contributed by atoms with Crippen LogP contribution in [0.2, 0.25) is 0 Å². The second kappa shape index (κ2) is 5.14. The van der Waals surface area contributed by atoms with Crippen molar-refractivity contribution in [1.82, 2.24) is 4.98 Å². The molecule has 0 aliphatic rings. The fourth-order valence-electron chi connectivity index (χ4n) is 0.998. The summed E-state index contributed by atoms with van der Waals surface area (Å²) in [5.41, 5.74) is -0.653. The number of hydrogen-bond acceptors (Lipinski definition) is 5. The third-order valence-electron chi connectivity index (χ3n) is 1.55. The molecule has 5 nitrogen and oxygen atoms in total. The molecule has 1 heterocycles. The Kier molecular flexibility index (Phi) is 4.26. The monoisotopic (exact) mass is 320 g/mol. The lowest BCUT2D eigenvalue weighted by molar-refractivity contribution is -0.116. The molecule has 0 aliphatic heterocycles. The largest absolute Gasteiger partial charge is 0.443 e. The van der Waals surface area contributed by atoms with Crippen LogP contribution in [-0.4, -0.2) is 22.6 Å². The van der Waals surface area contributed by atoms with Crippen LogP contribution in [0.1, 0.15) is 27.7 Å². The molecule has 2 amide bonds. The lowest BCUT2D eigenvalue weighted by atomic mass is 10.2. The van der Waals surface area contributed by atoms with E-state index in [1.54, 1.807) is 20.8 Å². The first-order valence-electron chi connectivity index (χ1n) is 4.86. The number of hydrogen-bond donors (Lipinski definition) is 0. The Balaban J connectivity index is 2.95. The first kappa shape index (κ1) is 14.1. The number of thiazole rings is 1. The summed E-state index contributed by atoms with van der Waals surface area (Å²) in [6, 6.07) is 0. The van der Waals surface area contributed by atoms with Crippen LogP contribution in [-0.2, 0) is 9.53 Å². The number of anilines is 1. The molecule has 0 aliphatic carbocycles. The summed E-state index contributed by atoms with van der Waals surface area (Å²) in [4.78, 5) is 28.2. The number of amides is 2. The number of aromatic nitrogens is 1. The molecule has 7 heteroatoms. The van der Waals surface area contributed by atoms with Gasteiger partial charge in [-0.1, -0.05) is 11.3 Å². The van der Waals surface area contributed by atoms with Crippen LogP contribution >= 0.6 is 27.3 Å². The van der Waals surface area contributed by atoms with Crippen LogP contribution < -0.4 is 4.90 Å². The first-order chi connectivity index (χ1) is 7.70. The van der Waals surface area contributed by atoms with Crippen molar-refractivity contribution in [3.63, 3.8) is 0 Å². The summed E-state index contributed by atoms with van der Waals surface area (Å²) in [5, 5.41) is 0.290. The predicted octanol–water partition coefficient (Wildman–Crippen LogP) is 3.19. The zero-order valence-corrected chi connectivity index (χ0v) is 12.4. The van der Waals surface area contributed by atoms with Crippen molar-refractivity contribution in [2.45, 2.75) is 33.3 Å². The van der Waals surface area contributed by atoms with Gasteiger partial charge in [0, 0.05) is 6.92 Å². The SMILES string of the molecule is CC(=O)N(C(=O)OC(C)(C)C)c1ncc(Br)s1. The highest BCUT2D eigenvalue weighted by Gasteiger charge is 2.28. The van der Waals surface area contributed by atoms with Crippen molar-refractivity contribution in [1.29, 1.82) is 0 Å². The predicted molar refractivity (Wildman–Crippen MR) is 69.2 cm³/mol. The number of rotatable bonds is 1. The Bertz CT molecular complexity index is 439. The highest BCUT2D eigenvalue weighted by Crippen LogP contribution is 2.27. The molecule has 0 N–H and O–H groups in total. The number of carbonyl (C=O) groups excluding carboxylic acids is 2. The molecule has 1 rings (SSSR count). The van der Waals surface area contributed by atoms with Gasteiger partial charge in [0.05, 0.1) is 9.98 Å². The lowest BCUT2D eigenvalue weighted by Crippen LogP contribution is -2.39. The van der Waals surface area contributed by atoms with E-state index in [9.17, 15) is 9.59 Å². The van der Waals surface area contributed by atoms with Crippen LogP contribution in [0.25, 0.3) is 0 Å². The number of ether oxygens (including phenoxy) is 1. The summed E-state index contributed by atoms with van der Waals surface area (Å²) in [6.45, 7) is 6.50. The molecule has 94 valence electrons. The molecular formula is C10H13BrN2O3S. The van der Waals surface area contributed by atoms with E-state index in [0.29, 0.717) is 5.13 Å². The van der Waals surface area contributed by atoms with E-state index in [1.807, 2.05) is 0 Å². The average Bonchev–Trinajstić information content (AvgIpc) is 2.47. The fourth-order valence-corrected chi connectivity index (χ4v) is 2.21. The summed E-state index contributed by atoms with van der Waals surface area (Å²) < 4.78 is 5.88. The van der Waals surface area contributed by atoms with Crippen molar-refractivity contribution in [3.8, 4) is 0 Å². The second-order valence-electron chi connectivity index (χ2n) is 4.28. The maximum absolute atomic E-state index is 11.8. The van der Waals surface area contributed by atoms with E-state index in [0.717, 1.165) is 8.69 Å². The normalized spacial score (nSPS) is 11.1. The van der Waals surface area contributed by atoms with Gasteiger partial charge >= 0.3 is 6.09 Å². The van der Waals surface area contributed by atoms with Gasteiger partial charge < -0.3 is 4.74 Å². The van der Waals surface area contributed by atoms with E-state index < -0.39 is 17.6 Å². The molecule has 0 atom stereocenters. The van der Waals surface area contributed by atoms with Gasteiger partial charge in [-0.2, -0.15) is 4.90 Å². The fraction of sp³-hybridized carbons (Fsp3) is 0.500. The minimum Gasteiger partial charge on any atom is -0.443 e. The van der Waals surface area contributed by atoms with Crippen molar-refractivity contribution < 1.29 is 14.3 Å². The molecular weight excluding hydrogens is 308 g/mol. The van der Waals surface area contributed by atoms with E-state index in [4.69, 9.17) is 4.74 Å². The van der Waals surface area contributed by atoms with Gasteiger partial charge in [0.1, 0.15) is 5.60 Å². The highest BCUT2D eigenvalue weighted by molar-refractivity contribution is 9.11. The van der Waals surface area contributed by atoms with Gasteiger partial charge in [-0.25, -0.2) is 9.78 Å². The molecule has 0 fully saturated rings. The topological polar surface area (TPSA) is 59.5 Å². The molecule has 0 aromatic carbocycles. The molecule has 0 saturated heterocycles. The summed E-state index contributed by atoms with van der Waals surface area (Å²) in [6.07, 6.45) is 0.812. The van der Waals surface area contributed by atoms with Crippen LogP contribution in [0.5, 0.6) is 0 Å². The first-order valence-corrected chi connectivity index (χ1v) is 6.46. The Morgan fingerprint density at radius 1 is 1.47 bits per heavy atom. The zero-order chi connectivity index (χ0) is 13.2. The quantitative estimate of drug-likeness (QED) is 0.797. The van der Waals surface area contributed by atoms with Crippen LogP contribution in [0.15, 0.2) is 9.98 Å². The molecule has 1 aromatic heterocycles.